The number of rotatable bonds is 6. The minimum absolute atomic E-state index is 0.0136. The second kappa shape index (κ2) is 10.6. The smallest absolute Gasteiger partial charge is 0.234 e. The third-order valence-electron chi connectivity index (χ3n) is 6.46. The highest BCUT2D eigenvalue weighted by atomic mass is 32.2. The average Bonchev–Trinajstić information content (AvgIpc) is 3.36. The normalized spacial score (nSPS) is 18.6. The topological polar surface area (TPSA) is 138 Å². The lowest BCUT2D eigenvalue weighted by molar-refractivity contribution is -0.118. The number of nitrogens with two attached hydrogens (primary N) is 1. The van der Waals surface area contributed by atoms with Crippen molar-refractivity contribution in [3.05, 3.63) is 82.8 Å². The lowest BCUT2D eigenvalue weighted by Crippen LogP contribution is -2.42. The Morgan fingerprint density at radius 2 is 2.08 bits per heavy atom. The van der Waals surface area contributed by atoms with Crippen molar-refractivity contribution < 1.29 is 14.0 Å². The van der Waals surface area contributed by atoms with E-state index >= 15 is 0 Å². The average molecular weight is 562 g/mol. The van der Waals surface area contributed by atoms with Gasteiger partial charge in [0.15, 0.2) is 10.1 Å². The molecule has 39 heavy (non-hydrogen) atoms. The van der Waals surface area contributed by atoms with E-state index in [2.05, 4.69) is 26.6 Å². The van der Waals surface area contributed by atoms with Crippen molar-refractivity contribution in [2.45, 2.75) is 36.9 Å². The number of anilines is 2. The zero-order valence-electron chi connectivity index (χ0n) is 21.1. The molecule has 0 saturated carbocycles. The monoisotopic (exact) mass is 561 g/mol. The van der Waals surface area contributed by atoms with E-state index < -0.39 is 17.6 Å². The van der Waals surface area contributed by atoms with Crippen molar-refractivity contribution in [1.82, 2.24) is 15.2 Å². The van der Waals surface area contributed by atoms with Gasteiger partial charge in [0.25, 0.3) is 0 Å². The van der Waals surface area contributed by atoms with Crippen LogP contribution in [0.1, 0.15) is 38.2 Å². The molecule has 3 aromatic rings. The van der Waals surface area contributed by atoms with E-state index in [4.69, 9.17) is 5.73 Å². The minimum atomic E-state index is -0.623. The van der Waals surface area contributed by atoms with Crippen molar-refractivity contribution in [3.8, 4) is 6.07 Å². The van der Waals surface area contributed by atoms with Crippen LogP contribution in [0.5, 0.6) is 0 Å². The standard InChI is InChI=1S/C27H24FN7O2S2/c1-27(2)10-19-23(20(36)11-27)22(15-6-5-9-31-13-15)16(12-29)24(30)35(19)25-33-34-26(39-25)38-14-21(37)32-18-8-4-3-7-17(18)28/h3-9,13,22H,10-11,14,30H2,1-2H3,(H,32,37). The molecule has 1 atom stereocenters. The van der Waals surface area contributed by atoms with Gasteiger partial charge in [0.05, 0.1) is 29.0 Å². The minimum Gasteiger partial charge on any atom is -0.384 e. The predicted octanol–water partition coefficient (Wildman–Crippen LogP) is 4.74. The molecule has 5 rings (SSSR count). The van der Waals surface area contributed by atoms with E-state index in [9.17, 15) is 19.2 Å². The van der Waals surface area contributed by atoms with Gasteiger partial charge in [-0.3, -0.25) is 19.5 Å². The van der Waals surface area contributed by atoms with Crippen LogP contribution in [0.4, 0.5) is 15.2 Å². The number of nitriles is 1. The fourth-order valence-corrected chi connectivity index (χ4v) is 6.52. The molecule has 2 aliphatic rings. The first-order valence-corrected chi connectivity index (χ1v) is 13.9. The van der Waals surface area contributed by atoms with Crippen LogP contribution >= 0.6 is 23.1 Å². The number of thioether (sulfide) groups is 1. The quantitative estimate of drug-likeness (QED) is 0.409. The molecule has 1 unspecified atom stereocenters. The summed E-state index contributed by atoms with van der Waals surface area (Å²) in [6, 6.07) is 11.7. The summed E-state index contributed by atoms with van der Waals surface area (Å²) in [6.45, 7) is 4.03. The van der Waals surface area contributed by atoms with Crippen LogP contribution < -0.4 is 16.0 Å². The summed E-state index contributed by atoms with van der Waals surface area (Å²) in [6.07, 6.45) is 4.16. The van der Waals surface area contributed by atoms with E-state index in [1.54, 1.807) is 35.5 Å². The molecule has 1 aliphatic heterocycles. The van der Waals surface area contributed by atoms with Gasteiger partial charge in [-0.2, -0.15) is 5.26 Å². The summed E-state index contributed by atoms with van der Waals surface area (Å²) in [7, 11) is 0. The number of Topliss-reactive ketones (excluding diaryl/α,β-unsaturated/α-hetero) is 1. The molecule has 12 heteroatoms. The highest BCUT2D eigenvalue weighted by Crippen LogP contribution is 2.50. The molecule has 0 fully saturated rings. The van der Waals surface area contributed by atoms with E-state index in [1.807, 2.05) is 19.9 Å². The molecule has 0 bridgehead atoms. The Hall–Kier alpha value is -4.08. The number of hydrogen-bond donors (Lipinski definition) is 2. The van der Waals surface area contributed by atoms with Crippen LogP contribution in [0.15, 0.2) is 75.8 Å². The Labute approximate surface area is 232 Å². The number of benzene rings is 1. The number of ketones is 1. The van der Waals surface area contributed by atoms with Crippen molar-refractivity contribution in [3.63, 3.8) is 0 Å². The third-order valence-corrected chi connectivity index (χ3v) is 8.50. The van der Waals surface area contributed by atoms with E-state index in [-0.39, 0.29) is 34.0 Å². The van der Waals surface area contributed by atoms with Crippen LogP contribution in [-0.4, -0.2) is 32.6 Å². The molecule has 1 amide bonds. The Morgan fingerprint density at radius 3 is 2.79 bits per heavy atom. The number of pyridine rings is 1. The SMILES string of the molecule is CC1(C)CC(=O)C2=C(C1)N(c1nnc(SCC(=O)Nc3ccccc3F)s1)C(N)=C(C#N)C2c1cccnc1. The van der Waals surface area contributed by atoms with Crippen molar-refractivity contribution >= 4 is 45.6 Å². The first-order chi connectivity index (χ1) is 18.7. The van der Waals surface area contributed by atoms with Crippen LogP contribution in [0.2, 0.25) is 0 Å². The number of para-hydroxylation sites is 1. The molecule has 3 heterocycles. The highest BCUT2D eigenvalue weighted by molar-refractivity contribution is 8.01. The molecule has 0 radical (unpaired) electrons. The fourth-order valence-electron chi connectivity index (χ4n) is 4.83. The Morgan fingerprint density at radius 1 is 1.28 bits per heavy atom. The summed E-state index contributed by atoms with van der Waals surface area (Å²) in [4.78, 5) is 31.8. The maximum atomic E-state index is 13.9. The second-order valence-corrected chi connectivity index (χ2v) is 12.1. The maximum absolute atomic E-state index is 13.9. The zero-order valence-corrected chi connectivity index (χ0v) is 22.8. The molecule has 1 aromatic carbocycles. The predicted molar refractivity (Wildman–Crippen MR) is 147 cm³/mol. The molecule has 1 aliphatic carbocycles. The summed E-state index contributed by atoms with van der Waals surface area (Å²) in [5, 5.41) is 21.6. The number of nitrogens with one attached hydrogen (secondary N) is 1. The molecule has 0 spiro atoms. The lowest BCUT2D eigenvalue weighted by Gasteiger charge is -2.42. The van der Waals surface area contributed by atoms with Crippen LogP contribution in [0.25, 0.3) is 0 Å². The largest absolute Gasteiger partial charge is 0.384 e. The van der Waals surface area contributed by atoms with Gasteiger partial charge in [0.1, 0.15) is 11.6 Å². The number of allylic oxidation sites excluding steroid dienone is 3. The molecular formula is C27H24FN7O2S2. The van der Waals surface area contributed by atoms with Gasteiger partial charge in [0.2, 0.25) is 11.0 Å². The summed E-state index contributed by atoms with van der Waals surface area (Å²) in [5.74, 6) is -1.42. The summed E-state index contributed by atoms with van der Waals surface area (Å²) < 4.78 is 14.3. The van der Waals surface area contributed by atoms with Crippen molar-refractivity contribution in [1.29, 1.82) is 5.26 Å². The van der Waals surface area contributed by atoms with Crippen molar-refractivity contribution in [2.75, 3.05) is 16.0 Å². The fraction of sp³-hybridized carbons (Fsp3) is 0.259. The van der Waals surface area contributed by atoms with E-state index in [0.29, 0.717) is 39.1 Å². The Kier molecular flexibility index (Phi) is 7.20. The molecule has 2 aromatic heterocycles. The van der Waals surface area contributed by atoms with Crippen molar-refractivity contribution in [2.24, 2.45) is 11.1 Å². The zero-order chi connectivity index (χ0) is 27.7. The molecule has 0 saturated heterocycles. The molecule has 9 nitrogen and oxygen atoms in total. The first kappa shape index (κ1) is 26.5. The van der Waals surface area contributed by atoms with Crippen LogP contribution in [0.3, 0.4) is 0 Å². The van der Waals surface area contributed by atoms with Gasteiger partial charge in [-0.05, 0) is 35.6 Å². The third kappa shape index (κ3) is 5.28. The van der Waals surface area contributed by atoms with Crippen LogP contribution in [-0.2, 0) is 9.59 Å². The first-order valence-electron chi connectivity index (χ1n) is 12.1. The Bertz CT molecular complexity index is 1560. The number of carbonyl (C=O) groups is 2. The summed E-state index contributed by atoms with van der Waals surface area (Å²) >= 11 is 2.34. The van der Waals surface area contributed by atoms with Gasteiger partial charge in [0, 0.05) is 30.1 Å². The van der Waals surface area contributed by atoms with E-state index in [1.165, 1.54) is 23.5 Å². The van der Waals surface area contributed by atoms with Gasteiger partial charge in [-0.15, -0.1) is 10.2 Å². The lowest BCUT2D eigenvalue weighted by atomic mass is 9.69. The van der Waals surface area contributed by atoms with Gasteiger partial charge >= 0.3 is 0 Å². The van der Waals surface area contributed by atoms with E-state index in [0.717, 1.165) is 11.8 Å². The van der Waals surface area contributed by atoms with Crippen LogP contribution in [0, 0.1) is 22.6 Å². The number of aromatic nitrogens is 3. The maximum Gasteiger partial charge on any atom is 0.234 e. The van der Waals surface area contributed by atoms with Gasteiger partial charge < -0.3 is 11.1 Å². The Balaban J connectivity index is 1.46. The number of halogens is 1. The summed E-state index contributed by atoms with van der Waals surface area (Å²) in [5.41, 5.74) is 8.54. The van der Waals surface area contributed by atoms with Gasteiger partial charge in [-0.25, -0.2) is 4.39 Å². The van der Waals surface area contributed by atoms with Gasteiger partial charge in [-0.1, -0.05) is 55.1 Å². The highest BCUT2D eigenvalue weighted by Gasteiger charge is 2.45. The number of nitrogens with zero attached hydrogens (tertiary/aromatic N) is 5. The number of hydrogen-bond acceptors (Lipinski definition) is 10. The number of amides is 1. The molecule has 198 valence electrons. The second-order valence-electron chi connectivity index (χ2n) is 9.93. The number of carbonyl (C=O) groups excluding carboxylic acids is 2. The molecular weight excluding hydrogens is 537 g/mol. The molecule has 3 N–H and O–H groups in total.